The van der Waals surface area contributed by atoms with Crippen LogP contribution >= 0.6 is 27.5 Å². The fourth-order valence-electron chi connectivity index (χ4n) is 1.46. The first-order valence-corrected chi connectivity index (χ1v) is 6.41. The lowest BCUT2D eigenvalue weighted by Gasteiger charge is -2.06. The molecule has 2 N–H and O–H groups in total. The van der Waals surface area contributed by atoms with Gasteiger partial charge in [-0.05, 0) is 23.8 Å². The van der Waals surface area contributed by atoms with E-state index in [1.165, 1.54) is 6.33 Å². The maximum atomic E-state index is 6.09. The number of halogens is 2. The van der Waals surface area contributed by atoms with Crippen molar-refractivity contribution in [2.75, 3.05) is 6.54 Å². The van der Waals surface area contributed by atoms with E-state index in [-0.39, 0.29) is 0 Å². The van der Waals surface area contributed by atoms with Crippen LogP contribution in [0.2, 0.25) is 5.02 Å². The van der Waals surface area contributed by atoms with Crippen molar-refractivity contribution in [2.24, 2.45) is 0 Å². The molecule has 0 aliphatic carbocycles. The number of nitrogens with one attached hydrogen (secondary N) is 2. The van der Waals surface area contributed by atoms with Crippen molar-refractivity contribution in [2.45, 2.75) is 13.0 Å². The molecule has 0 saturated carbocycles. The highest BCUT2D eigenvalue weighted by atomic mass is 79.9. The monoisotopic (exact) mass is 314 g/mol. The van der Waals surface area contributed by atoms with Crippen molar-refractivity contribution in [3.8, 4) is 0 Å². The lowest BCUT2D eigenvalue weighted by atomic mass is 10.2. The van der Waals surface area contributed by atoms with E-state index in [0.29, 0.717) is 0 Å². The molecule has 0 fully saturated rings. The summed E-state index contributed by atoms with van der Waals surface area (Å²) in [4.78, 5) is 4.05. The highest BCUT2D eigenvalue weighted by Crippen LogP contribution is 2.20. The van der Waals surface area contributed by atoms with Gasteiger partial charge in [0.15, 0.2) is 0 Å². The normalized spacial score (nSPS) is 10.7. The zero-order chi connectivity index (χ0) is 12.1. The molecule has 2 rings (SSSR count). The van der Waals surface area contributed by atoms with Gasteiger partial charge in [0.1, 0.15) is 12.2 Å². The molecule has 0 atom stereocenters. The van der Waals surface area contributed by atoms with Crippen LogP contribution in [0.1, 0.15) is 11.4 Å². The molecule has 0 radical (unpaired) electrons. The SMILES string of the molecule is Clc1ccc(Br)cc1CNCCc1ncn[nH]1. The van der Waals surface area contributed by atoms with Crippen molar-refractivity contribution in [3.63, 3.8) is 0 Å². The fraction of sp³-hybridized carbons (Fsp3) is 0.273. The standard InChI is InChI=1S/C11H12BrClN4/c12-9-1-2-10(13)8(5-9)6-14-4-3-11-15-7-16-17-11/h1-2,5,7,14H,3-4,6H2,(H,15,16,17). The Hall–Kier alpha value is -0.910. The summed E-state index contributed by atoms with van der Waals surface area (Å²) in [7, 11) is 0. The molecule has 0 aliphatic heterocycles. The Morgan fingerprint density at radius 3 is 3.06 bits per heavy atom. The first kappa shape index (κ1) is 12.5. The van der Waals surface area contributed by atoms with Gasteiger partial charge in [-0.3, -0.25) is 5.10 Å². The van der Waals surface area contributed by atoms with Crippen LogP contribution in [0.15, 0.2) is 29.0 Å². The van der Waals surface area contributed by atoms with Crippen LogP contribution < -0.4 is 5.32 Å². The number of benzene rings is 1. The summed E-state index contributed by atoms with van der Waals surface area (Å²) in [5, 5.41) is 10.7. The van der Waals surface area contributed by atoms with Crippen LogP contribution in [0.5, 0.6) is 0 Å². The summed E-state index contributed by atoms with van der Waals surface area (Å²) in [5.74, 6) is 0.887. The maximum absolute atomic E-state index is 6.09. The Bertz CT molecular complexity index is 472. The molecule has 4 nitrogen and oxygen atoms in total. The van der Waals surface area contributed by atoms with E-state index in [1.807, 2.05) is 18.2 Å². The Balaban J connectivity index is 1.80. The minimum atomic E-state index is 0.742. The Morgan fingerprint density at radius 2 is 2.29 bits per heavy atom. The number of hydrogen-bond donors (Lipinski definition) is 2. The number of nitrogens with zero attached hydrogens (tertiary/aromatic N) is 2. The topological polar surface area (TPSA) is 53.6 Å². The molecular formula is C11H12BrClN4. The van der Waals surface area contributed by atoms with Crippen LogP contribution in [0.3, 0.4) is 0 Å². The molecule has 17 heavy (non-hydrogen) atoms. The van der Waals surface area contributed by atoms with E-state index in [0.717, 1.165) is 40.4 Å². The summed E-state index contributed by atoms with van der Waals surface area (Å²) in [5.41, 5.74) is 1.08. The third-order valence-corrected chi connectivity index (χ3v) is 3.19. The first-order valence-electron chi connectivity index (χ1n) is 5.24. The van der Waals surface area contributed by atoms with Gasteiger partial charge < -0.3 is 5.32 Å². The minimum Gasteiger partial charge on any atom is -0.312 e. The van der Waals surface area contributed by atoms with Crippen LogP contribution in [0, 0.1) is 0 Å². The third-order valence-electron chi connectivity index (χ3n) is 2.33. The number of hydrogen-bond acceptors (Lipinski definition) is 3. The van der Waals surface area contributed by atoms with E-state index in [9.17, 15) is 0 Å². The maximum Gasteiger partial charge on any atom is 0.137 e. The van der Waals surface area contributed by atoms with E-state index < -0.39 is 0 Å². The molecule has 0 spiro atoms. The first-order chi connectivity index (χ1) is 8.25. The van der Waals surface area contributed by atoms with E-state index in [4.69, 9.17) is 11.6 Å². The molecule has 1 aromatic carbocycles. The molecule has 6 heteroatoms. The molecular weight excluding hydrogens is 304 g/mol. The summed E-state index contributed by atoms with van der Waals surface area (Å²) in [6.07, 6.45) is 2.34. The molecule has 0 amide bonds. The molecule has 0 saturated heterocycles. The smallest absolute Gasteiger partial charge is 0.137 e. The molecule has 1 heterocycles. The van der Waals surface area contributed by atoms with Gasteiger partial charge in [0, 0.05) is 29.0 Å². The van der Waals surface area contributed by atoms with Gasteiger partial charge in [-0.15, -0.1) is 0 Å². The highest BCUT2D eigenvalue weighted by molar-refractivity contribution is 9.10. The molecule has 0 bridgehead atoms. The molecule has 2 aromatic rings. The van der Waals surface area contributed by atoms with Crippen LogP contribution in [0.4, 0.5) is 0 Å². The summed E-state index contributed by atoms with van der Waals surface area (Å²) >= 11 is 9.51. The van der Waals surface area contributed by atoms with Crippen LogP contribution in [-0.2, 0) is 13.0 Å². The number of aromatic nitrogens is 3. The van der Waals surface area contributed by atoms with E-state index in [2.05, 4.69) is 36.4 Å². The molecule has 90 valence electrons. The largest absolute Gasteiger partial charge is 0.312 e. The van der Waals surface area contributed by atoms with Gasteiger partial charge in [-0.2, -0.15) is 5.10 Å². The van der Waals surface area contributed by atoms with Crippen molar-refractivity contribution in [1.29, 1.82) is 0 Å². The Labute approximate surface area is 113 Å². The van der Waals surface area contributed by atoms with Gasteiger partial charge in [0.2, 0.25) is 0 Å². The van der Waals surface area contributed by atoms with Crippen molar-refractivity contribution >= 4 is 27.5 Å². The Morgan fingerprint density at radius 1 is 1.41 bits per heavy atom. The van der Waals surface area contributed by atoms with Gasteiger partial charge >= 0.3 is 0 Å². The zero-order valence-corrected chi connectivity index (χ0v) is 11.4. The lowest BCUT2D eigenvalue weighted by Crippen LogP contribution is -2.17. The van der Waals surface area contributed by atoms with Gasteiger partial charge in [0.25, 0.3) is 0 Å². The summed E-state index contributed by atoms with van der Waals surface area (Å²) < 4.78 is 1.04. The van der Waals surface area contributed by atoms with Crippen molar-refractivity contribution < 1.29 is 0 Å². The second-order valence-corrected chi connectivity index (χ2v) is 4.92. The second kappa shape index (κ2) is 6.14. The number of rotatable bonds is 5. The van der Waals surface area contributed by atoms with Crippen molar-refractivity contribution in [1.82, 2.24) is 20.5 Å². The van der Waals surface area contributed by atoms with E-state index in [1.54, 1.807) is 0 Å². The Kier molecular flexibility index (Phi) is 4.53. The lowest BCUT2D eigenvalue weighted by molar-refractivity contribution is 0.671. The predicted octanol–water partition coefficient (Wildman–Crippen LogP) is 2.55. The average molecular weight is 316 g/mol. The van der Waals surface area contributed by atoms with Gasteiger partial charge in [0.05, 0.1) is 0 Å². The van der Waals surface area contributed by atoms with Gasteiger partial charge in [-0.1, -0.05) is 27.5 Å². The second-order valence-electron chi connectivity index (χ2n) is 3.59. The summed E-state index contributed by atoms with van der Waals surface area (Å²) in [6.45, 7) is 1.57. The fourth-order valence-corrected chi connectivity index (χ4v) is 2.05. The minimum absolute atomic E-state index is 0.742. The highest BCUT2D eigenvalue weighted by Gasteiger charge is 2.01. The molecule has 1 aromatic heterocycles. The zero-order valence-electron chi connectivity index (χ0n) is 9.08. The summed E-state index contributed by atoms with van der Waals surface area (Å²) in [6, 6.07) is 5.84. The van der Waals surface area contributed by atoms with E-state index >= 15 is 0 Å². The molecule has 0 unspecified atom stereocenters. The quantitative estimate of drug-likeness (QED) is 0.834. The molecule has 0 aliphatic rings. The predicted molar refractivity (Wildman–Crippen MR) is 70.9 cm³/mol. The number of H-pyrrole nitrogens is 1. The van der Waals surface area contributed by atoms with Crippen molar-refractivity contribution in [3.05, 3.63) is 45.4 Å². The van der Waals surface area contributed by atoms with Gasteiger partial charge in [-0.25, -0.2) is 4.98 Å². The number of aromatic amines is 1. The van der Waals surface area contributed by atoms with Crippen LogP contribution in [-0.4, -0.2) is 21.7 Å². The van der Waals surface area contributed by atoms with Crippen LogP contribution in [0.25, 0.3) is 0 Å². The average Bonchev–Trinajstić information content (AvgIpc) is 2.82. The third kappa shape index (κ3) is 3.80.